The van der Waals surface area contributed by atoms with Crippen molar-refractivity contribution < 1.29 is 107 Å². The highest BCUT2D eigenvalue weighted by molar-refractivity contribution is 7.98. The average molecular weight is 1940 g/mol. The summed E-state index contributed by atoms with van der Waals surface area (Å²) in [4.78, 5) is 237. The van der Waals surface area contributed by atoms with Gasteiger partial charge in [0.15, 0.2) is 6.29 Å². The molecule has 3 heterocycles. The van der Waals surface area contributed by atoms with Crippen molar-refractivity contribution in [2.24, 2.45) is 52.3 Å². The number of imidazole rings is 1. The van der Waals surface area contributed by atoms with Gasteiger partial charge in [0.1, 0.15) is 108 Å². The molecule has 0 saturated carbocycles. The van der Waals surface area contributed by atoms with E-state index >= 15 is 14.4 Å². The topological polar surface area (TPSA) is 712 Å². The fraction of sp³-hybridized carbons (Fsp3) is 0.761. The van der Waals surface area contributed by atoms with Crippen molar-refractivity contribution in [2.45, 2.75) is 332 Å². The highest BCUT2D eigenvalue weighted by Gasteiger charge is 2.45. The molecule has 16 amide bonds. The van der Waals surface area contributed by atoms with Crippen LogP contribution in [0, 0.1) is 23.7 Å². The summed E-state index contributed by atoms with van der Waals surface area (Å²) in [5, 5.41) is 82.5. The lowest BCUT2D eigenvalue weighted by Gasteiger charge is -2.35. The third kappa shape index (κ3) is 41.4. The van der Waals surface area contributed by atoms with Gasteiger partial charge in [-0.1, -0.05) is 80.4 Å². The molecule has 1 aromatic rings. The number of aromatic nitrogens is 2. The number of H-pyrrole nitrogens is 1. The van der Waals surface area contributed by atoms with Crippen LogP contribution in [0.5, 0.6) is 0 Å². The average Bonchev–Trinajstić information content (AvgIpc) is 0.966. The molecule has 1 aromatic heterocycles. The number of amides is 16. The van der Waals surface area contributed by atoms with Gasteiger partial charge in [-0.25, -0.2) is 4.98 Å². The van der Waals surface area contributed by atoms with E-state index in [1.54, 1.807) is 67.9 Å². The molecule has 30 N–H and O–H groups in total. The number of allylic oxidation sites excluding steroid dienone is 2. The van der Waals surface area contributed by atoms with E-state index in [-0.39, 0.29) is 120 Å². The lowest BCUT2D eigenvalue weighted by molar-refractivity contribution is -0.270. The number of nitrogens with two attached hydrogens (primary N) is 5. The van der Waals surface area contributed by atoms with Crippen LogP contribution in [0.1, 0.15) is 217 Å². The quantitative estimate of drug-likeness (QED) is 0.0218. The number of primary amides is 1. The minimum Gasteiger partial charge on any atom is -0.394 e. The number of hydrogen-bond acceptors (Lipinski definition) is 29. The van der Waals surface area contributed by atoms with Crippen molar-refractivity contribution >= 4 is 118 Å². The van der Waals surface area contributed by atoms with Gasteiger partial charge in [0, 0.05) is 18.3 Å². The van der Waals surface area contributed by atoms with Crippen LogP contribution < -0.4 is 108 Å². The molecule has 0 unspecified atom stereocenters. The number of nitrogens with one attached hydrogen (secondary N) is 16. The highest BCUT2D eigenvalue weighted by atomic mass is 32.2. The Hall–Kier alpha value is -9.23. The number of carbonyl (C=O) groups excluding carboxylic acids is 16. The number of aromatic amines is 1. The van der Waals surface area contributed by atoms with Crippen molar-refractivity contribution in [2.75, 3.05) is 70.0 Å². The van der Waals surface area contributed by atoms with Crippen molar-refractivity contribution in [3.8, 4) is 0 Å². The summed E-state index contributed by atoms with van der Waals surface area (Å²) in [5.41, 5.74) is 25.8. The van der Waals surface area contributed by atoms with E-state index in [1.165, 1.54) is 56.8 Å². The van der Waals surface area contributed by atoms with Gasteiger partial charge in [0.05, 0.1) is 32.7 Å². The molecule has 1 fully saturated rings. The van der Waals surface area contributed by atoms with Crippen LogP contribution in [0.15, 0.2) is 24.7 Å². The largest absolute Gasteiger partial charge is 0.394 e. The predicted molar refractivity (Wildman–Crippen MR) is 505 cm³/mol. The Morgan fingerprint density at radius 2 is 1.03 bits per heavy atom. The molecule has 1 saturated heterocycles. The van der Waals surface area contributed by atoms with Gasteiger partial charge in [-0.2, -0.15) is 23.5 Å². The summed E-state index contributed by atoms with van der Waals surface area (Å²) >= 11 is 2.62. The molecule has 0 spiro atoms. The number of rotatable bonds is 55. The standard InChI is InChI=1S/C88H156N22O22S2/c1-14-51(7)67(107-66(113)43-92)82(127)100-59(32-39-134-13)76(121)105-64(46-131-84-70(115)69(114)65(112)47-132-84)80(125)104-63(45-111)79(124)102-60(40-49(3)4)77(122)99-58(31-38-133-12)75(120)98-56(29-21-26-36-90)73(118)97-57(30-22-27-37-91)74(119)103-61(41-50(5)6)81(126)109-87(10)33-23-18-16-17-19-24-34-88(11,86(130)106-55(71(93)116)28-20-25-35-89)110-83(128)68(52(8)15-2)108-78(123)62(42-54-44-94-48-95-54)101-72(117)53(9)96-85(87)129/h16-17,44,48-53,55-65,67-70,84,111-112,114-115H,14-15,18-43,45-47,89-92H2,1-13H3,(H2,93,116)(H,94,95)(H,96,129)(H,97,118)(H,98,120)(H,99,122)(H,100,127)(H,101,117)(H,102,124)(H,103,119)(H,104,125)(H,105,121)(H,106,130)(H,107,113)(H,108,123)(H,109,126)(H,110,128)/b17-16-/t51-,52-,53-,55-,56-,57-,58-,59-,60-,61-,62-,63-,64-,65+,67-,68-,69+,70-,84-,87-,88-/m0/s1. The normalized spacial score (nSPS) is 23.0. The third-order valence-corrected chi connectivity index (χ3v) is 24.7. The molecule has 44 nitrogen and oxygen atoms in total. The van der Waals surface area contributed by atoms with Gasteiger partial charge in [0.25, 0.3) is 0 Å². The van der Waals surface area contributed by atoms with Gasteiger partial charge >= 0.3 is 0 Å². The maximum Gasteiger partial charge on any atom is 0.246 e. The lowest BCUT2D eigenvalue weighted by Crippen LogP contribution is -2.65. The first-order valence-corrected chi connectivity index (χ1v) is 49.4. The molecule has 46 heteroatoms. The summed E-state index contributed by atoms with van der Waals surface area (Å²) in [7, 11) is 0. The van der Waals surface area contributed by atoms with E-state index in [9.17, 15) is 82.8 Å². The molecule has 762 valence electrons. The van der Waals surface area contributed by atoms with E-state index in [1.807, 2.05) is 12.2 Å². The number of aliphatic hydroxyl groups is 4. The van der Waals surface area contributed by atoms with Crippen molar-refractivity contribution in [1.29, 1.82) is 0 Å². The maximum atomic E-state index is 15.2. The smallest absolute Gasteiger partial charge is 0.246 e. The zero-order valence-electron chi connectivity index (χ0n) is 80.1. The van der Waals surface area contributed by atoms with Gasteiger partial charge in [-0.05, 0) is 210 Å². The molecule has 21 atom stereocenters. The van der Waals surface area contributed by atoms with E-state index in [4.69, 9.17) is 38.1 Å². The molecule has 0 radical (unpaired) electrons. The summed E-state index contributed by atoms with van der Waals surface area (Å²) in [5.74, 6) is -14.8. The van der Waals surface area contributed by atoms with Crippen LogP contribution in [0.4, 0.5) is 0 Å². The fourth-order valence-electron chi connectivity index (χ4n) is 14.7. The SMILES string of the molecule is CC[C@H](C)[C@H](NC(=O)CN)C(=O)N[C@@H](CCSC)C(=O)N[C@@H](CO[C@H]1OC[C@@H](O)[C@@H](O)[C@@H]1O)C(=O)N[C@@H](CO)C(=O)N[C@@H](CC(C)C)C(=O)N[C@@H](CCSC)C(=O)N[C@@H](CCCCN)C(=O)N[C@@H](CCCCN)C(=O)N[C@@H](CC(C)C)C(=O)N[C@@]1(C)CCC/C=C\CCC[C@@](C)(C(=O)N[C@@H](CCCCN)C(N)=O)NC(=O)[C@H]([C@@H](C)CC)NC(=O)[C@H](Cc2cnc[nH]2)NC(=O)[C@H](C)NC1=O. The third-order valence-electron chi connectivity index (χ3n) is 23.5. The number of thioether (sulfide) groups is 2. The molecule has 0 aromatic carbocycles. The summed E-state index contributed by atoms with van der Waals surface area (Å²) < 4.78 is 11.1. The number of ether oxygens (including phenoxy) is 2. The Balaban J connectivity index is 2.05. The zero-order valence-corrected chi connectivity index (χ0v) is 81.8. The molecule has 2 aliphatic rings. The lowest BCUT2D eigenvalue weighted by atomic mass is 9.90. The molecule has 3 rings (SSSR count). The van der Waals surface area contributed by atoms with E-state index < -0.39 is 247 Å². The van der Waals surface area contributed by atoms with Gasteiger partial charge in [-0.15, -0.1) is 0 Å². The summed E-state index contributed by atoms with van der Waals surface area (Å²) in [6.07, 6.45) is 7.11. The molecular formula is C88H156N22O22S2. The molecule has 0 aliphatic carbocycles. The van der Waals surface area contributed by atoms with Crippen molar-refractivity contribution in [3.05, 3.63) is 30.4 Å². The maximum absolute atomic E-state index is 15.2. The van der Waals surface area contributed by atoms with Crippen LogP contribution in [-0.4, -0.2) is 309 Å². The number of nitrogens with zero attached hydrogens (tertiary/aromatic N) is 1. The Morgan fingerprint density at radius 3 is 1.51 bits per heavy atom. The van der Waals surface area contributed by atoms with Crippen molar-refractivity contribution in [1.82, 2.24) is 89.7 Å². The molecular weight excluding hydrogens is 1780 g/mol. The first-order chi connectivity index (χ1) is 63.4. The second-order valence-electron chi connectivity index (χ2n) is 35.8. The first-order valence-electron chi connectivity index (χ1n) is 46.6. The first kappa shape index (κ1) is 119. The van der Waals surface area contributed by atoms with Crippen molar-refractivity contribution in [3.63, 3.8) is 0 Å². The Kier molecular flexibility index (Phi) is 55.5. The highest BCUT2D eigenvalue weighted by Crippen LogP contribution is 2.24. The second kappa shape index (κ2) is 62.5. The molecule has 2 aliphatic heterocycles. The van der Waals surface area contributed by atoms with Crippen LogP contribution in [0.3, 0.4) is 0 Å². The van der Waals surface area contributed by atoms with Crippen LogP contribution in [0.25, 0.3) is 0 Å². The van der Waals surface area contributed by atoms with E-state index in [0.29, 0.717) is 70.0 Å². The molecule has 134 heavy (non-hydrogen) atoms. The summed E-state index contributed by atoms with van der Waals surface area (Å²) in [6.45, 7) is 16.1. The predicted octanol–water partition coefficient (Wildman–Crippen LogP) is -4.10. The van der Waals surface area contributed by atoms with Crippen LogP contribution in [-0.2, 0) is 92.6 Å². The number of carbonyl (C=O) groups is 16. The molecule has 0 bridgehead atoms. The zero-order chi connectivity index (χ0) is 101. The minimum atomic E-state index is -1.89. The monoisotopic (exact) mass is 1940 g/mol. The number of unbranched alkanes of at least 4 members (excludes halogenated alkanes) is 3. The fourth-order valence-corrected chi connectivity index (χ4v) is 15.6. The van der Waals surface area contributed by atoms with Crippen LogP contribution in [0.2, 0.25) is 0 Å². The van der Waals surface area contributed by atoms with Gasteiger partial charge in [0.2, 0.25) is 94.5 Å². The van der Waals surface area contributed by atoms with Crippen LogP contribution >= 0.6 is 23.5 Å². The van der Waals surface area contributed by atoms with Gasteiger partial charge < -0.3 is 143 Å². The Morgan fingerprint density at radius 1 is 0.560 bits per heavy atom. The minimum absolute atomic E-state index is 0.0186. The second-order valence-corrected chi connectivity index (χ2v) is 37.8. The summed E-state index contributed by atoms with van der Waals surface area (Å²) in [6, 6.07) is -18.6. The number of hydrogen-bond donors (Lipinski definition) is 25. The van der Waals surface area contributed by atoms with Gasteiger partial charge in [-0.3, -0.25) is 76.7 Å². The van der Waals surface area contributed by atoms with E-state index in [0.717, 1.165) is 0 Å². The van der Waals surface area contributed by atoms with E-state index in [2.05, 4.69) is 89.7 Å². The number of aliphatic hydroxyl groups excluding tert-OH is 4. The Bertz CT molecular complexity index is 3920. The Labute approximate surface area is 794 Å².